The zero-order chi connectivity index (χ0) is 18.4. The van der Waals surface area contributed by atoms with E-state index in [9.17, 15) is 0 Å². The molecule has 0 saturated carbocycles. The van der Waals surface area contributed by atoms with Crippen molar-refractivity contribution in [1.29, 1.82) is 0 Å². The van der Waals surface area contributed by atoms with Gasteiger partial charge in [-0.25, -0.2) is 4.98 Å². The largest absolute Gasteiger partial charge is 0.494 e. The van der Waals surface area contributed by atoms with Gasteiger partial charge < -0.3 is 19.9 Å². The molecule has 0 aliphatic heterocycles. The molecule has 7 heteroatoms. The van der Waals surface area contributed by atoms with Crippen LogP contribution in [0.25, 0.3) is 11.5 Å². The minimum Gasteiger partial charge on any atom is -0.494 e. The number of hydrogen-bond acceptors (Lipinski definition) is 7. The Morgan fingerprint density at radius 2 is 2.00 bits per heavy atom. The maximum absolute atomic E-state index is 5.47. The van der Waals surface area contributed by atoms with Crippen LogP contribution in [-0.4, -0.2) is 34.8 Å². The molecular weight excluding hydrogens is 330 g/mol. The van der Waals surface area contributed by atoms with Crippen LogP contribution in [0.1, 0.15) is 19.7 Å². The SMILES string of the molecule is CCOc1ccc(Nc2ncccc2-c2nc(CC(C)NC)no2)cc1. The van der Waals surface area contributed by atoms with Crippen LogP contribution in [0.15, 0.2) is 47.1 Å². The average molecular weight is 353 g/mol. The van der Waals surface area contributed by atoms with Gasteiger partial charge in [-0.3, -0.25) is 0 Å². The Balaban J connectivity index is 1.80. The minimum atomic E-state index is 0.274. The molecular formula is C19H23N5O2. The van der Waals surface area contributed by atoms with Gasteiger partial charge in [0.2, 0.25) is 0 Å². The molecule has 2 aromatic heterocycles. The lowest BCUT2D eigenvalue weighted by Crippen LogP contribution is -2.24. The third-order valence-corrected chi connectivity index (χ3v) is 3.92. The summed E-state index contributed by atoms with van der Waals surface area (Å²) in [5, 5.41) is 10.5. The van der Waals surface area contributed by atoms with Gasteiger partial charge in [0.15, 0.2) is 5.82 Å². The normalized spacial score (nSPS) is 12.0. The molecule has 2 N–H and O–H groups in total. The van der Waals surface area contributed by atoms with E-state index in [1.165, 1.54) is 0 Å². The lowest BCUT2D eigenvalue weighted by molar-refractivity contribution is 0.340. The molecule has 0 bridgehead atoms. The van der Waals surface area contributed by atoms with Crippen molar-refractivity contribution in [2.24, 2.45) is 0 Å². The molecule has 0 saturated heterocycles. The lowest BCUT2D eigenvalue weighted by atomic mass is 10.2. The van der Waals surface area contributed by atoms with E-state index in [1.807, 2.05) is 50.4 Å². The number of anilines is 2. The number of ether oxygens (including phenoxy) is 1. The fourth-order valence-electron chi connectivity index (χ4n) is 2.44. The highest BCUT2D eigenvalue weighted by Crippen LogP contribution is 2.28. The van der Waals surface area contributed by atoms with E-state index in [1.54, 1.807) is 6.20 Å². The molecule has 3 aromatic rings. The Morgan fingerprint density at radius 3 is 2.73 bits per heavy atom. The maximum atomic E-state index is 5.47. The van der Waals surface area contributed by atoms with Gasteiger partial charge in [-0.1, -0.05) is 5.16 Å². The number of nitrogens with one attached hydrogen (secondary N) is 2. The van der Waals surface area contributed by atoms with Gasteiger partial charge in [-0.2, -0.15) is 4.98 Å². The molecule has 1 atom stereocenters. The molecule has 136 valence electrons. The Labute approximate surface area is 152 Å². The van der Waals surface area contributed by atoms with Crippen LogP contribution in [-0.2, 0) is 6.42 Å². The second-order valence-electron chi connectivity index (χ2n) is 5.89. The van der Waals surface area contributed by atoms with Gasteiger partial charge in [-0.05, 0) is 57.3 Å². The van der Waals surface area contributed by atoms with Gasteiger partial charge in [-0.15, -0.1) is 0 Å². The number of aromatic nitrogens is 3. The number of hydrogen-bond donors (Lipinski definition) is 2. The van der Waals surface area contributed by atoms with Gasteiger partial charge in [0.25, 0.3) is 5.89 Å². The minimum absolute atomic E-state index is 0.274. The smallest absolute Gasteiger partial charge is 0.261 e. The van der Waals surface area contributed by atoms with E-state index in [2.05, 4.69) is 32.7 Å². The lowest BCUT2D eigenvalue weighted by Gasteiger charge is -2.09. The summed E-state index contributed by atoms with van der Waals surface area (Å²) in [5.74, 6) is 2.61. The first kappa shape index (κ1) is 17.9. The molecule has 3 rings (SSSR count). The Morgan fingerprint density at radius 1 is 1.19 bits per heavy atom. The summed E-state index contributed by atoms with van der Waals surface area (Å²) in [7, 11) is 1.91. The quantitative estimate of drug-likeness (QED) is 0.642. The van der Waals surface area contributed by atoms with Gasteiger partial charge in [0.05, 0.1) is 12.2 Å². The van der Waals surface area contributed by atoms with Crippen molar-refractivity contribution in [2.75, 3.05) is 19.0 Å². The molecule has 0 spiro atoms. The Hall–Kier alpha value is -2.93. The highest BCUT2D eigenvalue weighted by molar-refractivity contribution is 5.73. The molecule has 0 radical (unpaired) electrons. The van der Waals surface area contributed by atoms with Crippen molar-refractivity contribution in [3.63, 3.8) is 0 Å². The summed E-state index contributed by atoms with van der Waals surface area (Å²) in [4.78, 5) is 8.90. The van der Waals surface area contributed by atoms with Crippen molar-refractivity contribution in [2.45, 2.75) is 26.3 Å². The van der Waals surface area contributed by atoms with Crippen LogP contribution < -0.4 is 15.4 Å². The highest BCUT2D eigenvalue weighted by atomic mass is 16.5. The Bertz CT molecular complexity index is 832. The number of likely N-dealkylation sites (N-methyl/N-ethyl adjacent to an activating group) is 1. The molecule has 0 amide bonds. The van der Waals surface area contributed by atoms with Crippen molar-refractivity contribution in [3.05, 3.63) is 48.4 Å². The topological polar surface area (TPSA) is 85.1 Å². The van der Waals surface area contributed by atoms with Crippen LogP contribution in [0.5, 0.6) is 5.75 Å². The third-order valence-electron chi connectivity index (χ3n) is 3.92. The average Bonchev–Trinajstić information content (AvgIpc) is 3.12. The second-order valence-corrected chi connectivity index (χ2v) is 5.89. The number of rotatable bonds is 8. The van der Waals surface area contributed by atoms with Crippen molar-refractivity contribution in [3.8, 4) is 17.2 Å². The predicted octanol–water partition coefficient (Wildman–Crippen LogP) is 3.42. The summed E-state index contributed by atoms with van der Waals surface area (Å²) in [6.07, 6.45) is 2.42. The molecule has 0 fully saturated rings. The Kier molecular flexibility index (Phi) is 5.80. The summed E-state index contributed by atoms with van der Waals surface area (Å²) in [5.41, 5.74) is 1.66. The zero-order valence-electron chi connectivity index (χ0n) is 15.2. The predicted molar refractivity (Wildman–Crippen MR) is 101 cm³/mol. The summed E-state index contributed by atoms with van der Waals surface area (Å²) in [6.45, 7) is 4.67. The monoisotopic (exact) mass is 353 g/mol. The van der Waals surface area contributed by atoms with Crippen molar-refractivity contribution in [1.82, 2.24) is 20.4 Å². The first-order valence-corrected chi connectivity index (χ1v) is 8.64. The molecule has 2 heterocycles. The highest BCUT2D eigenvalue weighted by Gasteiger charge is 2.15. The third kappa shape index (κ3) is 4.37. The molecule has 0 aliphatic carbocycles. The standard InChI is InChI=1S/C19H23N5O2/c1-4-25-15-9-7-14(8-10-15)22-18-16(6-5-11-21-18)19-23-17(24-26-19)12-13(2)20-3/h5-11,13,20H,4,12H2,1-3H3,(H,21,22). The summed E-state index contributed by atoms with van der Waals surface area (Å²) < 4.78 is 10.9. The first-order valence-electron chi connectivity index (χ1n) is 8.64. The molecule has 1 aromatic carbocycles. The first-order chi connectivity index (χ1) is 12.7. The fraction of sp³-hybridized carbons (Fsp3) is 0.316. The number of pyridine rings is 1. The van der Waals surface area contributed by atoms with E-state index in [4.69, 9.17) is 9.26 Å². The van der Waals surface area contributed by atoms with Gasteiger partial charge in [0.1, 0.15) is 11.6 Å². The van der Waals surface area contributed by atoms with Crippen LogP contribution in [0.2, 0.25) is 0 Å². The van der Waals surface area contributed by atoms with E-state index < -0.39 is 0 Å². The van der Waals surface area contributed by atoms with Crippen molar-refractivity contribution < 1.29 is 9.26 Å². The molecule has 7 nitrogen and oxygen atoms in total. The van der Waals surface area contributed by atoms with Crippen LogP contribution in [0, 0.1) is 0 Å². The fourth-order valence-corrected chi connectivity index (χ4v) is 2.44. The van der Waals surface area contributed by atoms with Crippen LogP contribution >= 0.6 is 0 Å². The van der Waals surface area contributed by atoms with E-state index in [0.29, 0.717) is 30.6 Å². The van der Waals surface area contributed by atoms with Crippen molar-refractivity contribution >= 4 is 11.5 Å². The second kappa shape index (κ2) is 8.44. The van der Waals surface area contributed by atoms with Gasteiger partial charge >= 0.3 is 0 Å². The number of nitrogens with zero attached hydrogens (tertiary/aromatic N) is 3. The molecule has 26 heavy (non-hydrogen) atoms. The summed E-state index contributed by atoms with van der Waals surface area (Å²) in [6, 6.07) is 11.7. The molecule has 0 aliphatic rings. The van der Waals surface area contributed by atoms with Crippen LogP contribution in [0.3, 0.4) is 0 Å². The molecule has 1 unspecified atom stereocenters. The van der Waals surface area contributed by atoms with E-state index >= 15 is 0 Å². The van der Waals surface area contributed by atoms with E-state index in [0.717, 1.165) is 17.0 Å². The number of benzene rings is 1. The van der Waals surface area contributed by atoms with E-state index in [-0.39, 0.29) is 6.04 Å². The van der Waals surface area contributed by atoms with Crippen LogP contribution in [0.4, 0.5) is 11.5 Å². The van der Waals surface area contributed by atoms with Gasteiger partial charge in [0, 0.05) is 24.3 Å². The maximum Gasteiger partial charge on any atom is 0.261 e. The zero-order valence-corrected chi connectivity index (χ0v) is 15.2. The summed E-state index contributed by atoms with van der Waals surface area (Å²) >= 11 is 0.